The number of hydrogen-bond acceptors (Lipinski definition) is 12. The first-order chi connectivity index (χ1) is 22.9. The summed E-state index contributed by atoms with van der Waals surface area (Å²) in [6, 6.07) is 0. The van der Waals surface area contributed by atoms with Gasteiger partial charge in [-0.2, -0.15) is 0 Å². The molecule has 0 saturated heterocycles. The van der Waals surface area contributed by atoms with E-state index in [0.717, 1.165) is 44.9 Å². The molecule has 1 rings (SSSR count). The number of hydrogen-bond donors (Lipinski definition) is 6. The lowest BCUT2D eigenvalue weighted by molar-refractivity contribution is -0.220. The molecule has 48 heavy (non-hydrogen) atoms. The Morgan fingerprint density at radius 3 is 1.38 bits per heavy atom. The van der Waals surface area contributed by atoms with Crippen molar-refractivity contribution >= 4 is 19.8 Å². The van der Waals surface area contributed by atoms with Crippen LogP contribution in [-0.4, -0.2) is 98.3 Å². The Kier molecular flexibility index (Phi) is 24.9. The molecular weight excluding hydrogens is 647 g/mol. The first-order valence-electron chi connectivity index (χ1n) is 18.3. The maximum atomic E-state index is 12.7. The van der Waals surface area contributed by atoms with Crippen LogP contribution in [0.2, 0.25) is 0 Å². The minimum absolute atomic E-state index is 0.102. The lowest BCUT2D eigenvalue weighted by atomic mass is 9.85. The summed E-state index contributed by atoms with van der Waals surface area (Å²) in [5, 5.41) is 49.8. The van der Waals surface area contributed by atoms with Gasteiger partial charge in [-0.15, -0.1) is 0 Å². The summed E-state index contributed by atoms with van der Waals surface area (Å²) in [5.41, 5.74) is 0. The Morgan fingerprint density at radius 2 is 0.938 bits per heavy atom. The highest BCUT2D eigenvalue weighted by atomic mass is 31.2. The molecule has 0 heterocycles. The van der Waals surface area contributed by atoms with Gasteiger partial charge in [0.1, 0.15) is 43.2 Å². The minimum atomic E-state index is -5.09. The highest BCUT2D eigenvalue weighted by Crippen LogP contribution is 2.47. The number of carbonyl (C=O) groups excluding carboxylic acids is 2. The number of carbonyl (C=O) groups is 2. The summed E-state index contributed by atoms with van der Waals surface area (Å²) >= 11 is 0. The van der Waals surface area contributed by atoms with Crippen LogP contribution >= 0.6 is 7.82 Å². The molecule has 1 fully saturated rings. The van der Waals surface area contributed by atoms with Crippen LogP contribution in [-0.2, 0) is 32.7 Å². The van der Waals surface area contributed by atoms with E-state index in [1.807, 2.05) is 0 Å². The van der Waals surface area contributed by atoms with E-state index in [-0.39, 0.29) is 12.8 Å². The molecule has 1 aliphatic carbocycles. The Labute approximate surface area is 287 Å². The summed E-state index contributed by atoms with van der Waals surface area (Å²) in [5.74, 6) is -1.10. The summed E-state index contributed by atoms with van der Waals surface area (Å²) < 4.78 is 33.2. The van der Waals surface area contributed by atoms with Gasteiger partial charge in [-0.1, -0.05) is 123 Å². The molecule has 6 atom stereocenters. The minimum Gasteiger partial charge on any atom is -0.462 e. The fraction of sp³-hybridized carbons (Fsp3) is 0.941. The van der Waals surface area contributed by atoms with Gasteiger partial charge in [-0.05, 0) is 12.8 Å². The highest BCUT2D eigenvalue weighted by molar-refractivity contribution is 7.47. The third-order valence-electron chi connectivity index (χ3n) is 8.70. The van der Waals surface area contributed by atoms with Crippen molar-refractivity contribution in [1.29, 1.82) is 0 Å². The summed E-state index contributed by atoms with van der Waals surface area (Å²) in [7, 11) is -5.09. The molecule has 0 amide bonds. The molecular formula is C34H65O13P. The first-order valence-corrected chi connectivity index (χ1v) is 19.8. The van der Waals surface area contributed by atoms with Crippen LogP contribution in [0, 0.1) is 0 Å². The Bertz CT molecular complexity index is 875. The van der Waals surface area contributed by atoms with Crippen LogP contribution in [0.15, 0.2) is 0 Å². The lowest BCUT2D eigenvalue weighted by Gasteiger charge is -2.41. The molecule has 0 aromatic heterocycles. The van der Waals surface area contributed by atoms with E-state index in [2.05, 4.69) is 13.8 Å². The molecule has 1 saturated carbocycles. The molecule has 1 aliphatic rings. The van der Waals surface area contributed by atoms with E-state index < -0.39 is 75.7 Å². The molecule has 0 aromatic carbocycles. The second kappa shape index (κ2) is 26.6. The van der Waals surface area contributed by atoms with Gasteiger partial charge in [0.05, 0.1) is 6.61 Å². The predicted molar refractivity (Wildman–Crippen MR) is 180 cm³/mol. The van der Waals surface area contributed by atoms with Gasteiger partial charge >= 0.3 is 19.8 Å². The van der Waals surface area contributed by atoms with Crippen LogP contribution < -0.4 is 0 Å². The highest BCUT2D eigenvalue weighted by Gasteiger charge is 2.51. The lowest BCUT2D eigenvalue weighted by Crippen LogP contribution is -2.64. The second-order valence-electron chi connectivity index (χ2n) is 13.1. The number of rotatable bonds is 29. The van der Waals surface area contributed by atoms with Crippen LogP contribution in [0.3, 0.4) is 0 Å². The largest absolute Gasteiger partial charge is 0.472 e. The second-order valence-corrected chi connectivity index (χ2v) is 14.5. The van der Waals surface area contributed by atoms with Crippen molar-refractivity contribution < 1.29 is 63.1 Å². The van der Waals surface area contributed by atoms with Crippen LogP contribution in [0.25, 0.3) is 0 Å². The van der Waals surface area contributed by atoms with Crippen molar-refractivity contribution in [3.05, 3.63) is 0 Å². The zero-order valence-electron chi connectivity index (χ0n) is 29.3. The number of phosphoric acid groups is 1. The number of aliphatic hydroxyl groups excluding tert-OH is 5. The fourth-order valence-corrected chi connectivity index (χ4v) is 6.61. The normalized spacial score (nSPS) is 24.6. The van der Waals surface area contributed by atoms with Crippen LogP contribution in [0.1, 0.15) is 149 Å². The predicted octanol–water partition coefficient (Wildman–Crippen LogP) is 4.99. The van der Waals surface area contributed by atoms with E-state index >= 15 is 0 Å². The van der Waals surface area contributed by atoms with Gasteiger partial charge in [-0.25, -0.2) is 4.57 Å². The number of ether oxygens (including phenoxy) is 2. The average molecular weight is 713 g/mol. The Balaban J connectivity index is 2.58. The Hall–Kier alpha value is -1.15. The molecule has 0 aliphatic heterocycles. The maximum absolute atomic E-state index is 12.7. The Morgan fingerprint density at radius 1 is 0.562 bits per heavy atom. The monoisotopic (exact) mass is 712 g/mol. The van der Waals surface area contributed by atoms with Crippen molar-refractivity contribution in [2.45, 2.75) is 191 Å². The van der Waals surface area contributed by atoms with E-state index in [1.54, 1.807) is 0 Å². The fourth-order valence-electron chi connectivity index (χ4n) is 5.64. The van der Waals surface area contributed by atoms with Gasteiger partial charge in [0.2, 0.25) is 0 Å². The van der Waals surface area contributed by atoms with E-state index in [0.29, 0.717) is 12.8 Å². The molecule has 6 unspecified atom stereocenters. The standard InChI is InChI=1S/C34H65O13P/c1-3-5-7-9-11-13-15-17-19-21-23-28(36)46-26(24-44-27(35)22-20-18-16-14-12-10-8-6-4-2)25-45-48(42,43)47-34-32(40)30(38)29(37)31(39)33(34)41/h26,29-34,37-41H,3-25H2,1-2H3,(H,42,43). The maximum Gasteiger partial charge on any atom is 0.472 e. The summed E-state index contributed by atoms with van der Waals surface area (Å²) in [6.45, 7) is 3.21. The van der Waals surface area contributed by atoms with Crippen LogP contribution in [0.4, 0.5) is 0 Å². The summed E-state index contributed by atoms with van der Waals surface area (Å²) in [4.78, 5) is 35.2. The van der Waals surface area contributed by atoms with Gasteiger partial charge < -0.3 is 39.9 Å². The van der Waals surface area contributed by atoms with E-state index in [1.165, 1.54) is 64.2 Å². The molecule has 0 radical (unpaired) electrons. The molecule has 13 nitrogen and oxygen atoms in total. The van der Waals surface area contributed by atoms with Gasteiger partial charge in [-0.3, -0.25) is 18.6 Å². The van der Waals surface area contributed by atoms with E-state index in [4.69, 9.17) is 18.5 Å². The van der Waals surface area contributed by atoms with Crippen molar-refractivity contribution in [2.75, 3.05) is 13.2 Å². The van der Waals surface area contributed by atoms with Crippen molar-refractivity contribution in [3.63, 3.8) is 0 Å². The van der Waals surface area contributed by atoms with Crippen molar-refractivity contribution in [1.82, 2.24) is 0 Å². The number of unbranched alkanes of at least 4 members (excludes halogenated alkanes) is 17. The van der Waals surface area contributed by atoms with E-state index in [9.17, 15) is 44.6 Å². The van der Waals surface area contributed by atoms with Crippen molar-refractivity contribution in [3.8, 4) is 0 Å². The van der Waals surface area contributed by atoms with Gasteiger partial charge in [0.15, 0.2) is 6.10 Å². The molecule has 0 spiro atoms. The zero-order valence-corrected chi connectivity index (χ0v) is 30.2. The molecule has 6 N–H and O–H groups in total. The summed E-state index contributed by atoms with van der Waals surface area (Å²) in [6.07, 6.45) is 7.77. The molecule has 0 aromatic rings. The average Bonchev–Trinajstić information content (AvgIpc) is 3.06. The van der Waals surface area contributed by atoms with Gasteiger partial charge in [0.25, 0.3) is 0 Å². The smallest absolute Gasteiger partial charge is 0.462 e. The SMILES string of the molecule is CCCCCCCCCCCCC(=O)OC(COC(=O)CCCCCCCCCCC)COP(=O)(O)OC1C(O)C(O)C(O)C(O)C1O. The number of esters is 2. The third-order valence-corrected chi connectivity index (χ3v) is 9.68. The molecule has 14 heteroatoms. The topological polar surface area (TPSA) is 210 Å². The molecule has 284 valence electrons. The van der Waals surface area contributed by atoms with Crippen molar-refractivity contribution in [2.24, 2.45) is 0 Å². The quantitative estimate of drug-likeness (QED) is 0.0343. The molecule has 0 bridgehead atoms. The zero-order chi connectivity index (χ0) is 35.8. The number of phosphoric ester groups is 1. The first kappa shape index (κ1) is 44.9. The number of aliphatic hydroxyl groups is 5. The van der Waals surface area contributed by atoms with Crippen LogP contribution in [0.5, 0.6) is 0 Å². The van der Waals surface area contributed by atoms with Gasteiger partial charge in [0, 0.05) is 12.8 Å². The third kappa shape index (κ3) is 19.9.